The van der Waals surface area contributed by atoms with Gasteiger partial charge in [0.1, 0.15) is 5.69 Å². The molecule has 0 aromatic heterocycles. The molecule has 2 aliphatic heterocycles. The van der Waals surface area contributed by atoms with Crippen LogP contribution in [0, 0.1) is 10.1 Å². The molecule has 0 atom stereocenters. The summed E-state index contributed by atoms with van der Waals surface area (Å²) in [6, 6.07) is 15.8. The van der Waals surface area contributed by atoms with Crippen molar-refractivity contribution in [2.24, 2.45) is 0 Å². The van der Waals surface area contributed by atoms with Crippen LogP contribution in [-0.4, -0.2) is 28.6 Å². The van der Waals surface area contributed by atoms with E-state index < -0.39 is 34.2 Å². The average molecular weight is 413 g/mol. The van der Waals surface area contributed by atoms with Crippen LogP contribution < -0.4 is 9.80 Å². The van der Waals surface area contributed by atoms with Gasteiger partial charge in [0.25, 0.3) is 29.3 Å². The third kappa shape index (κ3) is 2.50. The second kappa shape index (κ2) is 6.42. The highest BCUT2D eigenvalue weighted by Crippen LogP contribution is 2.38. The number of carbonyl (C=O) groups excluding carboxylic acids is 4. The Balaban J connectivity index is 1.60. The number of imide groups is 2. The van der Waals surface area contributed by atoms with Crippen LogP contribution in [0.4, 0.5) is 17.1 Å². The average Bonchev–Trinajstić information content (AvgIpc) is 3.18. The van der Waals surface area contributed by atoms with Gasteiger partial charge in [0.15, 0.2) is 0 Å². The molecule has 0 N–H and O–H groups in total. The van der Waals surface area contributed by atoms with Crippen LogP contribution >= 0.6 is 0 Å². The molecular formula is C22H11N3O6. The van der Waals surface area contributed by atoms with Crippen LogP contribution in [0.1, 0.15) is 41.4 Å². The van der Waals surface area contributed by atoms with Gasteiger partial charge < -0.3 is 0 Å². The maximum atomic E-state index is 12.7. The van der Waals surface area contributed by atoms with E-state index in [4.69, 9.17) is 0 Å². The Morgan fingerprint density at radius 3 is 1.45 bits per heavy atom. The van der Waals surface area contributed by atoms with Crippen molar-refractivity contribution in [1.82, 2.24) is 0 Å². The van der Waals surface area contributed by atoms with E-state index in [-0.39, 0.29) is 33.6 Å². The molecule has 0 fully saturated rings. The fraction of sp³-hybridized carbons (Fsp3) is 0. The van der Waals surface area contributed by atoms with Gasteiger partial charge in [-0.15, -0.1) is 0 Å². The van der Waals surface area contributed by atoms with Gasteiger partial charge in [-0.25, -0.2) is 9.80 Å². The van der Waals surface area contributed by atoms with Crippen molar-refractivity contribution in [3.8, 4) is 0 Å². The molecule has 9 nitrogen and oxygen atoms in total. The first-order chi connectivity index (χ1) is 14.9. The van der Waals surface area contributed by atoms with E-state index in [9.17, 15) is 29.3 Å². The molecule has 0 aliphatic carbocycles. The third-order valence-corrected chi connectivity index (χ3v) is 5.24. The van der Waals surface area contributed by atoms with Crippen molar-refractivity contribution in [2.45, 2.75) is 0 Å². The van der Waals surface area contributed by atoms with E-state index in [1.54, 1.807) is 24.3 Å². The normalized spacial score (nSPS) is 14.8. The molecule has 150 valence electrons. The van der Waals surface area contributed by atoms with E-state index in [1.165, 1.54) is 36.4 Å². The quantitative estimate of drug-likeness (QED) is 0.370. The van der Waals surface area contributed by atoms with E-state index in [0.717, 1.165) is 15.9 Å². The minimum Gasteiger partial charge on any atom is -0.268 e. The summed E-state index contributed by atoms with van der Waals surface area (Å²) in [7, 11) is 0. The second-order valence-electron chi connectivity index (χ2n) is 6.91. The first-order valence-electron chi connectivity index (χ1n) is 9.14. The molecule has 3 aromatic carbocycles. The summed E-state index contributed by atoms with van der Waals surface area (Å²) in [4.78, 5) is 63.5. The molecule has 4 amide bonds. The summed E-state index contributed by atoms with van der Waals surface area (Å²) >= 11 is 0. The summed E-state index contributed by atoms with van der Waals surface area (Å²) in [5.41, 5.74) is -0.171. The number of benzene rings is 3. The molecular weight excluding hydrogens is 402 g/mol. The Labute approximate surface area is 174 Å². The first-order valence-corrected chi connectivity index (χ1v) is 9.14. The minimum atomic E-state index is -0.763. The van der Waals surface area contributed by atoms with Gasteiger partial charge in [-0.3, -0.25) is 29.3 Å². The third-order valence-electron chi connectivity index (χ3n) is 5.24. The van der Waals surface area contributed by atoms with Gasteiger partial charge in [-0.1, -0.05) is 24.3 Å². The molecule has 0 saturated heterocycles. The lowest BCUT2D eigenvalue weighted by molar-refractivity contribution is -0.384. The number of amides is 4. The Kier molecular flexibility index (Phi) is 3.81. The number of nitro groups is 1. The van der Waals surface area contributed by atoms with E-state index in [0.29, 0.717) is 0 Å². The van der Waals surface area contributed by atoms with Crippen molar-refractivity contribution in [2.75, 3.05) is 9.80 Å². The smallest absolute Gasteiger partial charge is 0.268 e. The molecule has 3 aromatic rings. The van der Waals surface area contributed by atoms with Crippen molar-refractivity contribution in [3.05, 3.63) is 99.1 Å². The molecule has 0 saturated carbocycles. The van der Waals surface area contributed by atoms with Crippen LogP contribution in [0.15, 0.2) is 66.7 Å². The number of hydrogen-bond acceptors (Lipinski definition) is 6. The highest BCUT2D eigenvalue weighted by Gasteiger charge is 2.41. The van der Waals surface area contributed by atoms with Crippen molar-refractivity contribution in [3.63, 3.8) is 0 Å². The molecule has 0 spiro atoms. The lowest BCUT2D eigenvalue weighted by atomic mass is 10.1. The predicted molar refractivity (Wildman–Crippen MR) is 108 cm³/mol. The van der Waals surface area contributed by atoms with Gasteiger partial charge >= 0.3 is 0 Å². The number of rotatable bonds is 3. The number of carbonyl (C=O) groups is 4. The van der Waals surface area contributed by atoms with Gasteiger partial charge in [0.05, 0.1) is 32.9 Å². The fourth-order valence-corrected chi connectivity index (χ4v) is 3.82. The summed E-state index contributed by atoms with van der Waals surface area (Å²) in [5, 5.41) is 11.8. The molecule has 2 aliphatic rings. The number of nitro benzene ring substituents is 1. The molecule has 5 rings (SSSR count). The van der Waals surface area contributed by atoms with E-state index >= 15 is 0 Å². The number of hydrogen-bond donors (Lipinski definition) is 0. The Hall–Kier alpha value is -4.66. The summed E-state index contributed by atoms with van der Waals surface area (Å²) in [5.74, 6) is -2.58. The standard InChI is InChI=1S/C22H11N3O6/c26-19-13-5-1-2-6-14(13)20(27)23(19)12-9-10-17(18(11-12)25(30)31)24-21(28)15-7-3-4-8-16(15)22(24)29/h1-11H. The van der Waals surface area contributed by atoms with Crippen molar-refractivity contribution >= 4 is 40.7 Å². The number of fused-ring (bicyclic) bond motifs is 2. The largest absolute Gasteiger partial charge is 0.295 e. The van der Waals surface area contributed by atoms with Crippen LogP contribution in [0.25, 0.3) is 0 Å². The maximum absolute atomic E-state index is 12.7. The van der Waals surface area contributed by atoms with Gasteiger partial charge in [-0.2, -0.15) is 0 Å². The SMILES string of the molecule is O=C1c2ccccc2C(=O)N1c1ccc(N2C(=O)c3ccccc3C2=O)c([N+](=O)[O-])c1. The maximum Gasteiger partial charge on any atom is 0.295 e. The zero-order chi connectivity index (χ0) is 21.9. The Bertz CT molecular complexity index is 1290. The molecule has 0 bridgehead atoms. The molecule has 0 unspecified atom stereocenters. The topological polar surface area (TPSA) is 118 Å². The monoisotopic (exact) mass is 413 g/mol. The van der Waals surface area contributed by atoms with E-state index in [1.807, 2.05) is 0 Å². The second-order valence-corrected chi connectivity index (χ2v) is 6.91. The number of anilines is 2. The number of nitrogens with zero attached hydrogens (tertiary/aromatic N) is 3. The van der Waals surface area contributed by atoms with Gasteiger partial charge in [-0.05, 0) is 36.4 Å². The van der Waals surface area contributed by atoms with Crippen molar-refractivity contribution < 1.29 is 24.1 Å². The zero-order valence-corrected chi connectivity index (χ0v) is 15.6. The highest BCUT2D eigenvalue weighted by molar-refractivity contribution is 6.36. The summed E-state index contributed by atoms with van der Waals surface area (Å²) < 4.78 is 0. The fourth-order valence-electron chi connectivity index (χ4n) is 3.82. The van der Waals surface area contributed by atoms with E-state index in [2.05, 4.69) is 0 Å². The lowest BCUT2D eigenvalue weighted by Crippen LogP contribution is -2.31. The summed E-state index contributed by atoms with van der Waals surface area (Å²) in [6.45, 7) is 0. The Morgan fingerprint density at radius 1 is 0.613 bits per heavy atom. The lowest BCUT2D eigenvalue weighted by Gasteiger charge is -2.18. The molecule has 0 radical (unpaired) electrons. The van der Waals surface area contributed by atoms with Crippen molar-refractivity contribution in [1.29, 1.82) is 0 Å². The van der Waals surface area contributed by atoms with Gasteiger partial charge in [0, 0.05) is 6.07 Å². The molecule has 9 heteroatoms. The van der Waals surface area contributed by atoms with Crippen LogP contribution in [-0.2, 0) is 0 Å². The zero-order valence-electron chi connectivity index (χ0n) is 15.6. The summed E-state index contributed by atoms with van der Waals surface area (Å²) in [6.07, 6.45) is 0. The minimum absolute atomic E-state index is 0.0294. The highest BCUT2D eigenvalue weighted by atomic mass is 16.6. The molecule has 31 heavy (non-hydrogen) atoms. The first kappa shape index (κ1) is 18.4. The van der Waals surface area contributed by atoms with Gasteiger partial charge in [0.2, 0.25) is 0 Å². The predicted octanol–water partition coefficient (Wildman–Crippen LogP) is 3.20. The van der Waals surface area contributed by atoms with Crippen LogP contribution in [0.5, 0.6) is 0 Å². The van der Waals surface area contributed by atoms with Crippen LogP contribution in [0.2, 0.25) is 0 Å². The Morgan fingerprint density at radius 2 is 1.03 bits per heavy atom. The van der Waals surface area contributed by atoms with Crippen LogP contribution in [0.3, 0.4) is 0 Å². The molecule has 2 heterocycles.